The third-order valence-corrected chi connectivity index (χ3v) is 9.46. The molecular weight excluding hydrogens is 587 g/mol. The maximum Gasteiger partial charge on any atom is 0.235 e. The molecule has 0 bridgehead atoms. The van der Waals surface area contributed by atoms with E-state index in [0.717, 1.165) is 55.6 Å². The summed E-state index contributed by atoms with van der Waals surface area (Å²) in [5.41, 5.74) is 12.3. The van der Waals surface area contributed by atoms with Crippen LogP contribution in [0.2, 0.25) is 0 Å². The summed E-state index contributed by atoms with van der Waals surface area (Å²) in [6.45, 7) is 4.07. The van der Waals surface area contributed by atoms with Crippen LogP contribution in [0.4, 0.5) is 0 Å². The second kappa shape index (κ2) is 10.8. The molecule has 0 aliphatic carbocycles. The number of nitriles is 1. The number of fused-ring (bicyclic) bond motifs is 6. The van der Waals surface area contributed by atoms with Gasteiger partial charge in [-0.3, -0.25) is 4.57 Å². The second-order valence-electron chi connectivity index (χ2n) is 12.2. The maximum atomic E-state index is 9.28. The molecule has 0 aliphatic rings. The zero-order valence-electron chi connectivity index (χ0n) is 26.5. The summed E-state index contributed by atoms with van der Waals surface area (Å²) in [5.74, 6) is 0.643. The van der Waals surface area contributed by atoms with Crippen LogP contribution in [0, 0.1) is 25.2 Å². The van der Waals surface area contributed by atoms with Gasteiger partial charge in [0.15, 0.2) is 0 Å². The van der Waals surface area contributed by atoms with Gasteiger partial charge < -0.3 is 4.57 Å². The normalized spacial score (nSPS) is 11.5. The molecular formula is C43H29N5. The van der Waals surface area contributed by atoms with E-state index in [-0.39, 0.29) is 0 Å². The van der Waals surface area contributed by atoms with Gasteiger partial charge in [0.1, 0.15) is 0 Å². The lowest BCUT2D eigenvalue weighted by molar-refractivity contribution is 0.944. The van der Waals surface area contributed by atoms with Gasteiger partial charge in [0.05, 0.1) is 45.1 Å². The molecule has 0 fully saturated rings. The number of benzene rings is 6. The number of hydrogen-bond acceptors (Lipinski definition) is 3. The van der Waals surface area contributed by atoms with Gasteiger partial charge in [-0.1, -0.05) is 91.0 Å². The molecule has 0 spiro atoms. The van der Waals surface area contributed by atoms with Gasteiger partial charge in [-0.15, -0.1) is 0 Å². The Labute approximate surface area is 277 Å². The molecule has 0 saturated heterocycles. The molecule has 9 aromatic rings. The lowest BCUT2D eigenvalue weighted by Crippen LogP contribution is -2.06. The highest BCUT2D eigenvalue weighted by atomic mass is 15.2. The first-order valence-corrected chi connectivity index (χ1v) is 16.1. The van der Waals surface area contributed by atoms with Crippen molar-refractivity contribution in [2.24, 2.45) is 0 Å². The molecule has 0 atom stereocenters. The Bertz CT molecular complexity index is 2720. The van der Waals surface area contributed by atoms with E-state index >= 15 is 0 Å². The van der Waals surface area contributed by atoms with Crippen LogP contribution >= 0.6 is 0 Å². The summed E-state index contributed by atoms with van der Waals surface area (Å²) in [6.07, 6.45) is 0. The van der Waals surface area contributed by atoms with Crippen molar-refractivity contribution in [3.05, 3.63) is 156 Å². The van der Waals surface area contributed by atoms with E-state index in [9.17, 15) is 5.26 Å². The van der Waals surface area contributed by atoms with Crippen molar-refractivity contribution < 1.29 is 0 Å². The zero-order valence-corrected chi connectivity index (χ0v) is 26.5. The molecule has 0 N–H and O–H groups in total. The van der Waals surface area contributed by atoms with Gasteiger partial charge in [-0.25, -0.2) is 9.97 Å². The van der Waals surface area contributed by atoms with E-state index in [4.69, 9.17) is 9.97 Å². The lowest BCUT2D eigenvalue weighted by Gasteiger charge is -2.14. The van der Waals surface area contributed by atoms with E-state index in [1.165, 1.54) is 27.4 Å². The molecule has 9 rings (SSSR count). The Morgan fingerprint density at radius 2 is 1.12 bits per heavy atom. The molecule has 48 heavy (non-hydrogen) atoms. The summed E-state index contributed by atoms with van der Waals surface area (Å²) in [4.78, 5) is 10.2. The van der Waals surface area contributed by atoms with Gasteiger partial charge in [-0.2, -0.15) is 5.26 Å². The van der Waals surface area contributed by atoms with Crippen molar-refractivity contribution in [2.45, 2.75) is 13.8 Å². The van der Waals surface area contributed by atoms with Crippen LogP contribution in [0.1, 0.15) is 17.0 Å². The van der Waals surface area contributed by atoms with E-state index < -0.39 is 0 Å². The smallest absolute Gasteiger partial charge is 0.235 e. The summed E-state index contributed by atoms with van der Waals surface area (Å²) in [5, 5.41) is 14.1. The van der Waals surface area contributed by atoms with Crippen molar-refractivity contribution in [1.82, 2.24) is 19.1 Å². The molecule has 6 aromatic carbocycles. The number of nitrogens with zero attached hydrogens (tertiary/aromatic N) is 5. The quantitative estimate of drug-likeness (QED) is 0.198. The highest BCUT2D eigenvalue weighted by Crippen LogP contribution is 2.41. The van der Waals surface area contributed by atoms with Gasteiger partial charge in [-0.05, 0) is 79.1 Å². The van der Waals surface area contributed by atoms with Gasteiger partial charge >= 0.3 is 0 Å². The van der Waals surface area contributed by atoms with Gasteiger partial charge in [0.2, 0.25) is 5.95 Å². The number of aromatic nitrogens is 4. The van der Waals surface area contributed by atoms with E-state index in [2.05, 4.69) is 130 Å². The van der Waals surface area contributed by atoms with Crippen molar-refractivity contribution in [3.63, 3.8) is 0 Å². The van der Waals surface area contributed by atoms with E-state index in [0.29, 0.717) is 11.5 Å². The molecule has 0 radical (unpaired) electrons. The standard InChI is InChI=1S/C43H29N5/c1-27-41(30-21-19-29(26-44)20-22-30)28(2)46-43(45-27)48-37-16-8-6-13-34(37)35-24-23-31(25-40(35)48)33-15-10-18-39-42(33)36-14-7-9-17-38(36)47(39)32-11-4-3-5-12-32/h3-25H,1-2H3. The van der Waals surface area contributed by atoms with Crippen LogP contribution in [0.15, 0.2) is 140 Å². The maximum absolute atomic E-state index is 9.28. The molecule has 0 unspecified atom stereocenters. The number of aryl methyl sites for hydroxylation is 2. The molecule has 3 aromatic heterocycles. The third-order valence-electron chi connectivity index (χ3n) is 9.46. The Morgan fingerprint density at radius 3 is 1.85 bits per heavy atom. The Kier molecular flexibility index (Phi) is 6.24. The predicted molar refractivity (Wildman–Crippen MR) is 196 cm³/mol. The number of hydrogen-bond donors (Lipinski definition) is 0. The van der Waals surface area contributed by atoms with Gasteiger partial charge in [0.25, 0.3) is 0 Å². The first-order valence-electron chi connectivity index (χ1n) is 16.1. The zero-order chi connectivity index (χ0) is 32.4. The summed E-state index contributed by atoms with van der Waals surface area (Å²) in [6, 6.07) is 50.9. The molecule has 3 heterocycles. The average molecular weight is 616 g/mol. The van der Waals surface area contributed by atoms with Crippen LogP contribution in [-0.4, -0.2) is 19.1 Å². The van der Waals surface area contributed by atoms with E-state index in [1.54, 1.807) is 0 Å². The molecule has 226 valence electrons. The van der Waals surface area contributed by atoms with Crippen LogP contribution in [-0.2, 0) is 0 Å². The highest BCUT2D eigenvalue weighted by molar-refractivity contribution is 6.17. The molecule has 5 heteroatoms. The van der Waals surface area contributed by atoms with Gasteiger partial charge in [0, 0.05) is 32.8 Å². The van der Waals surface area contributed by atoms with Crippen molar-refractivity contribution >= 4 is 43.6 Å². The Morgan fingerprint density at radius 1 is 0.521 bits per heavy atom. The fourth-order valence-electron chi connectivity index (χ4n) is 7.40. The minimum absolute atomic E-state index is 0.632. The SMILES string of the molecule is Cc1nc(-n2c3ccccc3c3ccc(-c4cccc5c4c4ccccc4n5-c4ccccc4)cc32)nc(C)c1-c1ccc(C#N)cc1. The Hall–Kier alpha value is -6.51. The minimum Gasteiger partial charge on any atom is -0.309 e. The second-order valence-corrected chi connectivity index (χ2v) is 12.2. The van der Waals surface area contributed by atoms with Crippen LogP contribution in [0.3, 0.4) is 0 Å². The van der Waals surface area contributed by atoms with E-state index in [1.807, 2.05) is 38.1 Å². The molecule has 0 amide bonds. The summed E-state index contributed by atoms with van der Waals surface area (Å²) < 4.78 is 4.56. The van der Waals surface area contributed by atoms with Crippen molar-refractivity contribution in [1.29, 1.82) is 5.26 Å². The Balaban J connectivity index is 1.28. The molecule has 5 nitrogen and oxygen atoms in total. The first-order chi connectivity index (χ1) is 23.6. The highest BCUT2D eigenvalue weighted by Gasteiger charge is 2.20. The minimum atomic E-state index is 0.632. The lowest BCUT2D eigenvalue weighted by atomic mass is 9.98. The van der Waals surface area contributed by atoms with Crippen molar-refractivity contribution in [2.75, 3.05) is 0 Å². The van der Waals surface area contributed by atoms with Crippen LogP contribution in [0.5, 0.6) is 0 Å². The molecule has 0 aliphatic heterocycles. The average Bonchev–Trinajstić information content (AvgIpc) is 3.64. The third kappa shape index (κ3) is 4.17. The molecule has 0 saturated carbocycles. The van der Waals surface area contributed by atoms with Crippen LogP contribution < -0.4 is 0 Å². The predicted octanol–water partition coefficient (Wildman–Crippen LogP) is 10.5. The fourth-order valence-corrected chi connectivity index (χ4v) is 7.40. The topological polar surface area (TPSA) is 59.4 Å². The summed E-state index contributed by atoms with van der Waals surface area (Å²) in [7, 11) is 0. The number of para-hydroxylation sites is 3. The largest absolute Gasteiger partial charge is 0.309 e. The van der Waals surface area contributed by atoms with Crippen molar-refractivity contribution in [3.8, 4) is 40.0 Å². The monoisotopic (exact) mass is 615 g/mol. The summed E-state index contributed by atoms with van der Waals surface area (Å²) >= 11 is 0. The van der Waals surface area contributed by atoms with Crippen LogP contribution in [0.25, 0.3) is 77.5 Å². The first kappa shape index (κ1) is 27.8. The fraction of sp³-hybridized carbons (Fsp3) is 0.0465. The number of rotatable bonds is 4.